The molecule has 3 aliphatic rings. The molecule has 0 unspecified atom stereocenters. The summed E-state index contributed by atoms with van der Waals surface area (Å²) in [5, 5.41) is 53.0. The van der Waals surface area contributed by atoms with Gasteiger partial charge in [0.1, 0.15) is 29.7 Å². The van der Waals surface area contributed by atoms with Gasteiger partial charge in [-0.3, -0.25) is 14.4 Å². The van der Waals surface area contributed by atoms with Crippen LogP contribution in [-0.4, -0.2) is 161 Å². The largest absolute Gasteiger partial charge is 0.481 e. The number of carbonyl (C=O) groups is 3. The minimum absolute atomic E-state index is 0.111. The number of nitrogens with zero attached hydrogens (tertiary/aromatic N) is 1. The van der Waals surface area contributed by atoms with E-state index in [2.05, 4.69) is 0 Å². The number of Topliss-reactive ketones (excluding diaryl/α,β-unsaturated/α-hetero) is 1. The highest BCUT2D eigenvalue weighted by atomic mass is 16.7. The van der Waals surface area contributed by atoms with Gasteiger partial charge >= 0.3 is 5.97 Å². The van der Waals surface area contributed by atoms with Crippen molar-refractivity contribution in [1.29, 1.82) is 0 Å². The third kappa shape index (κ3) is 11.7. The van der Waals surface area contributed by atoms with E-state index in [0.717, 1.165) is 6.92 Å². The Kier molecular flexibility index (Phi) is 18.4. The van der Waals surface area contributed by atoms with Crippen LogP contribution in [0.5, 0.6) is 0 Å². The number of rotatable bonds is 8. The summed E-state index contributed by atoms with van der Waals surface area (Å²) in [7, 11) is 6.77. The lowest BCUT2D eigenvalue weighted by Gasteiger charge is -2.50. The summed E-state index contributed by atoms with van der Waals surface area (Å²) >= 11 is 0. The number of methoxy groups -OCH3 is 2. The summed E-state index contributed by atoms with van der Waals surface area (Å²) in [5.74, 6) is -5.30. The van der Waals surface area contributed by atoms with Crippen molar-refractivity contribution in [2.24, 2.45) is 23.7 Å². The molecule has 0 saturated carbocycles. The standard InChI is InChI=1S/C38H69NO13.C2H4O2/c1-15-26-38(10,45)31(42)21(4)28(40)19(2)17-37(9,47-14)33(52-35-29(41)25(39(11)12)16-20(3)48-35)22(5)30(23(6)34(44)50-26)51-27-18-36(8,46-13)32(43)24(7)49-27;1-2(3)4/h19-27,29-33,35,41-43,45H,15-18H2,1-14H3;1H3,(H,3,4)/t19-,20-,21+,22+,23-,24+,25+,26-,27+,29-,30+,31-,32+,33-,35+,36-,37-,38-;/m1./s1. The normalized spacial score (nSPS) is 46.0. The van der Waals surface area contributed by atoms with Gasteiger partial charge in [-0.15, -0.1) is 0 Å². The van der Waals surface area contributed by atoms with Crippen LogP contribution in [0.15, 0.2) is 0 Å². The maximum absolute atomic E-state index is 14.2. The molecule has 16 heteroatoms. The summed E-state index contributed by atoms with van der Waals surface area (Å²) < 4.78 is 43.9. The molecule has 5 N–H and O–H groups in total. The van der Waals surface area contributed by atoms with Crippen LogP contribution in [-0.2, 0) is 47.5 Å². The fourth-order valence-electron chi connectivity index (χ4n) is 8.58. The second kappa shape index (κ2) is 20.4. The van der Waals surface area contributed by atoms with Crippen molar-refractivity contribution < 1.29 is 73.1 Å². The number of carbonyl (C=O) groups excluding carboxylic acids is 2. The lowest BCUT2D eigenvalue weighted by Crippen LogP contribution is -2.61. The smallest absolute Gasteiger partial charge is 0.311 e. The van der Waals surface area contributed by atoms with Gasteiger partial charge in [0, 0.05) is 51.4 Å². The van der Waals surface area contributed by atoms with E-state index in [-0.39, 0.29) is 37.2 Å². The number of cyclic esters (lactones) is 1. The lowest BCUT2D eigenvalue weighted by atomic mass is 9.74. The number of likely N-dealkylation sites (N-methyl/N-ethyl adjacent to an activating group) is 1. The highest BCUT2D eigenvalue weighted by Crippen LogP contribution is 2.41. The zero-order valence-electron chi connectivity index (χ0n) is 36.3. The van der Waals surface area contributed by atoms with Gasteiger partial charge in [-0.1, -0.05) is 27.7 Å². The maximum Gasteiger partial charge on any atom is 0.311 e. The maximum atomic E-state index is 14.2. The zero-order valence-corrected chi connectivity index (χ0v) is 36.3. The van der Waals surface area contributed by atoms with Crippen LogP contribution in [0, 0.1) is 23.7 Å². The Morgan fingerprint density at radius 3 is 1.93 bits per heavy atom. The van der Waals surface area contributed by atoms with Crippen molar-refractivity contribution in [1.82, 2.24) is 4.90 Å². The van der Waals surface area contributed by atoms with Crippen LogP contribution >= 0.6 is 0 Å². The average Bonchev–Trinajstić information content (AvgIpc) is 3.12. The summed E-state index contributed by atoms with van der Waals surface area (Å²) in [4.78, 5) is 39.1. The summed E-state index contributed by atoms with van der Waals surface area (Å²) in [6.07, 6.45) is -8.73. The highest BCUT2D eigenvalue weighted by molar-refractivity contribution is 5.83. The zero-order chi connectivity index (χ0) is 43.2. The second-order valence-electron chi connectivity index (χ2n) is 17.2. The molecule has 3 saturated heterocycles. The molecule has 18 atom stereocenters. The van der Waals surface area contributed by atoms with Crippen LogP contribution < -0.4 is 0 Å². The second-order valence-corrected chi connectivity index (χ2v) is 17.2. The molecule has 0 spiro atoms. The Morgan fingerprint density at radius 1 is 0.875 bits per heavy atom. The van der Waals surface area contributed by atoms with Gasteiger partial charge in [0.15, 0.2) is 12.6 Å². The van der Waals surface area contributed by atoms with Crippen molar-refractivity contribution in [2.75, 3.05) is 28.3 Å². The van der Waals surface area contributed by atoms with Gasteiger partial charge in [0.05, 0.1) is 47.6 Å². The van der Waals surface area contributed by atoms with Crippen LogP contribution in [0.2, 0.25) is 0 Å². The number of aliphatic hydroxyl groups is 4. The van der Waals surface area contributed by atoms with Gasteiger partial charge in [-0.25, -0.2) is 0 Å². The summed E-state index contributed by atoms with van der Waals surface area (Å²) in [5.41, 5.74) is -4.24. The van der Waals surface area contributed by atoms with E-state index in [0.29, 0.717) is 6.42 Å². The molecule has 0 amide bonds. The molecule has 328 valence electrons. The minimum atomic E-state index is -1.96. The number of esters is 1. The molecule has 3 heterocycles. The van der Waals surface area contributed by atoms with E-state index in [1.807, 2.05) is 32.8 Å². The molecule has 0 aromatic heterocycles. The molecule has 0 radical (unpaired) electrons. The van der Waals surface area contributed by atoms with Crippen LogP contribution in [0.3, 0.4) is 0 Å². The number of hydrogen-bond donors (Lipinski definition) is 5. The third-order valence-corrected chi connectivity index (χ3v) is 12.3. The van der Waals surface area contributed by atoms with E-state index in [4.69, 9.17) is 43.1 Å². The van der Waals surface area contributed by atoms with E-state index >= 15 is 0 Å². The number of hydrogen-bond acceptors (Lipinski definition) is 15. The van der Waals surface area contributed by atoms with Crippen LogP contribution in [0.25, 0.3) is 0 Å². The Labute approximate surface area is 333 Å². The van der Waals surface area contributed by atoms with Gasteiger partial charge in [-0.2, -0.15) is 0 Å². The van der Waals surface area contributed by atoms with Crippen LogP contribution in [0.1, 0.15) is 102 Å². The van der Waals surface area contributed by atoms with Crippen molar-refractivity contribution in [3.05, 3.63) is 0 Å². The minimum Gasteiger partial charge on any atom is -0.481 e. The van der Waals surface area contributed by atoms with Crippen molar-refractivity contribution >= 4 is 17.7 Å². The van der Waals surface area contributed by atoms with Crippen molar-refractivity contribution in [3.63, 3.8) is 0 Å². The summed E-state index contributed by atoms with van der Waals surface area (Å²) in [6.45, 7) is 18.1. The molecular formula is C40H73NO15. The highest BCUT2D eigenvalue weighted by Gasteiger charge is 2.54. The fraction of sp³-hybridized carbons (Fsp3) is 0.925. The Bertz CT molecular complexity index is 1280. The van der Waals surface area contributed by atoms with Gasteiger partial charge in [-0.05, 0) is 74.9 Å². The topological polar surface area (TPSA) is 220 Å². The molecule has 3 fully saturated rings. The monoisotopic (exact) mass is 807 g/mol. The molecule has 16 nitrogen and oxygen atoms in total. The summed E-state index contributed by atoms with van der Waals surface area (Å²) in [6, 6.07) is -0.283. The predicted octanol–water partition coefficient (Wildman–Crippen LogP) is 2.53. The van der Waals surface area contributed by atoms with E-state index in [1.54, 1.807) is 48.5 Å². The van der Waals surface area contributed by atoms with E-state index in [1.165, 1.54) is 21.1 Å². The van der Waals surface area contributed by atoms with Crippen LogP contribution in [0.4, 0.5) is 0 Å². The first-order valence-corrected chi connectivity index (χ1v) is 19.8. The molecular weight excluding hydrogens is 734 g/mol. The van der Waals surface area contributed by atoms with E-state index < -0.39 is 108 Å². The first-order chi connectivity index (χ1) is 25.7. The number of aliphatic carboxylic acids is 1. The molecule has 0 bridgehead atoms. The predicted molar refractivity (Wildman–Crippen MR) is 204 cm³/mol. The molecule has 3 aliphatic heterocycles. The van der Waals surface area contributed by atoms with Gasteiger partial charge < -0.3 is 63.6 Å². The number of aliphatic hydroxyl groups excluding tert-OH is 3. The number of ketones is 1. The Morgan fingerprint density at radius 2 is 1.43 bits per heavy atom. The quantitative estimate of drug-likeness (QED) is 0.223. The molecule has 0 aromatic rings. The molecule has 3 rings (SSSR count). The van der Waals surface area contributed by atoms with E-state index in [9.17, 15) is 30.0 Å². The first kappa shape index (κ1) is 50.3. The third-order valence-electron chi connectivity index (χ3n) is 12.3. The lowest BCUT2D eigenvalue weighted by molar-refractivity contribution is -0.319. The number of ether oxygens (including phenoxy) is 7. The molecule has 56 heavy (non-hydrogen) atoms. The van der Waals surface area contributed by atoms with Gasteiger partial charge in [0.25, 0.3) is 5.97 Å². The Hall–Kier alpha value is -1.83. The first-order valence-electron chi connectivity index (χ1n) is 19.8. The van der Waals surface area contributed by atoms with Gasteiger partial charge in [0.2, 0.25) is 0 Å². The van der Waals surface area contributed by atoms with Crippen molar-refractivity contribution in [3.8, 4) is 0 Å². The average molecular weight is 808 g/mol. The molecule has 0 aliphatic carbocycles. The molecule has 0 aromatic carbocycles. The fourth-order valence-corrected chi connectivity index (χ4v) is 8.58. The van der Waals surface area contributed by atoms with Crippen molar-refractivity contribution in [2.45, 2.75) is 186 Å². The SMILES string of the molecule is CC(=O)O.CC[C@H]1OC(=O)[C@H](C)[C@@H](O[C@H]2C[C@@](C)(OC)[C@@H](O)[C@H](C)O2)[C@H](C)[C@@H](O[C@@H]2O[C@H](C)C[C@H](N(C)C)[C@H]2O)[C@](C)(OC)C[C@@H](C)C(=O)[C@H](C)[C@@H](O)[C@]1(C)O. The number of carboxylic acids is 1. The number of carboxylic acid groups (broad SMARTS) is 1. The Balaban J connectivity index is 0.00000258.